The second-order valence-electron chi connectivity index (χ2n) is 3.61. The van der Waals surface area contributed by atoms with E-state index in [0.717, 1.165) is 5.56 Å². The topological polar surface area (TPSA) is 66.4 Å². The molecule has 0 fully saturated rings. The lowest BCUT2D eigenvalue weighted by molar-refractivity contribution is -0.135. The first kappa shape index (κ1) is 12.4. The maximum Gasteiger partial charge on any atom is 0.317 e. The van der Waals surface area contributed by atoms with Gasteiger partial charge in [0.1, 0.15) is 0 Å². The fraction of sp³-hybridized carbons (Fsp3) is 0.333. The maximum atomic E-state index is 11.6. The Bertz CT molecular complexity index is 370. The van der Waals surface area contributed by atoms with Crippen molar-refractivity contribution in [2.75, 3.05) is 13.1 Å². The summed E-state index contributed by atoms with van der Waals surface area (Å²) in [5, 5.41) is 11.1. The van der Waals surface area contributed by atoms with Crippen LogP contribution in [0.15, 0.2) is 24.3 Å². The summed E-state index contributed by atoms with van der Waals surface area (Å²) in [5.41, 5.74) is 1.78. The molecule has 0 aromatic heterocycles. The number of aryl methyl sites for hydroxylation is 1. The predicted molar refractivity (Wildman–Crippen MR) is 60.6 cm³/mol. The highest BCUT2D eigenvalue weighted by Crippen LogP contribution is 2.05. The number of nitrogens with one attached hydrogen (secondary N) is 1. The third-order valence-corrected chi connectivity index (χ3v) is 2.18. The van der Waals surface area contributed by atoms with Gasteiger partial charge in [0.15, 0.2) is 5.78 Å². The van der Waals surface area contributed by atoms with Crippen molar-refractivity contribution >= 4 is 11.8 Å². The zero-order valence-corrected chi connectivity index (χ0v) is 9.19. The van der Waals surface area contributed by atoms with E-state index < -0.39 is 5.97 Å². The number of ketones is 1. The molecule has 0 aliphatic rings. The van der Waals surface area contributed by atoms with Crippen LogP contribution in [0.4, 0.5) is 0 Å². The molecule has 86 valence electrons. The average Bonchev–Trinajstić information content (AvgIpc) is 2.25. The SMILES string of the molecule is Cc1ccc(C(=O)CCNCC(=O)O)cc1. The van der Waals surface area contributed by atoms with Crippen molar-refractivity contribution in [3.8, 4) is 0 Å². The van der Waals surface area contributed by atoms with Gasteiger partial charge >= 0.3 is 5.97 Å². The van der Waals surface area contributed by atoms with E-state index in [0.29, 0.717) is 18.5 Å². The molecule has 0 atom stereocenters. The Balaban J connectivity index is 2.35. The molecule has 0 bridgehead atoms. The highest BCUT2D eigenvalue weighted by atomic mass is 16.4. The van der Waals surface area contributed by atoms with Gasteiger partial charge in [0, 0.05) is 18.5 Å². The van der Waals surface area contributed by atoms with Crippen molar-refractivity contribution in [2.24, 2.45) is 0 Å². The first-order chi connectivity index (χ1) is 7.59. The number of carbonyl (C=O) groups is 2. The van der Waals surface area contributed by atoms with Gasteiger partial charge in [-0.1, -0.05) is 29.8 Å². The summed E-state index contributed by atoms with van der Waals surface area (Å²) in [6.07, 6.45) is 0.316. The van der Waals surface area contributed by atoms with Crippen LogP contribution in [0.25, 0.3) is 0 Å². The quantitative estimate of drug-likeness (QED) is 0.560. The van der Waals surface area contributed by atoms with E-state index in [2.05, 4.69) is 5.32 Å². The third kappa shape index (κ3) is 4.23. The lowest BCUT2D eigenvalue weighted by atomic mass is 10.1. The Kier molecular flexibility index (Phi) is 4.66. The molecule has 0 amide bonds. The van der Waals surface area contributed by atoms with Crippen molar-refractivity contribution < 1.29 is 14.7 Å². The Morgan fingerprint density at radius 2 is 1.88 bits per heavy atom. The van der Waals surface area contributed by atoms with Gasteiger partial charge in [0.25, 0.3) is 0 Å². The van der Waals surface area contributed by atoms with Crippen LogP contribution in [0.2, 0.25) is 0 Å². The fourth-order valence-corrected chi connectivity index (χ4v) is 1.28. The minimum absolute atomic E-state index is 0.0258. The van der Waals surface area contributed by atoms with Gasteiger partial charge in [-0.15, -0.1) is 0 Å². The lowest BCUT2D eigenvalue weighted by Gasteiger charge is -2.02. The number of Topliss-reactive ketones (excluding diaryl/α,β-unsaturated/α-hetero) is 1. The van der Waals surface area contributed by atoms with Crippen LogP contribution < -0.4 is 5.32 Å². The van der Waals surface area contributed by atoms with Gasteiger partial charge in [0.2, 0.25) is 0 Å². The molecule has 1 aromatic rings. The van der Waals surface area contributed by atoms with Gasteiger partial charge in [-0.05, 0) is 6.92 Å². The zero-order valence-electron chi connectivity index (χ0n) is 9.19. The molecular weight excluding hydrogens is 206 g/mol. The summed E-state index contributed by atoms with van der Waals surface area (Å²) in [5.74, 6) is -0.888. The Labute approximate surface area is 94.3 Å². The molecule has 2 N–H and O–H groups in total. The Morgan fingerprint density at radius 1 is 1.25 bits per heavy atom. The van der Waals surface area contributed by atoms with E-state index in [1.165, 1.54) is 0 Å². The van der Waals surface area contributed by atoms with Gasteiger partial charge in [-0.25, -0.2) is 0 Å². The molecule has 0 heterocycles. The second kappa shape index (κ2) is 6.02. The largest absolute Gasteiger partial charge is 0.480 e. The number of carboxylic acids is 1. The van der Waals surface area contributed by atoms with Crippen molar-refractivity contribution in [1.82, 2.24) is 5.32 Å². The van der Waals surface area contributed by atoms with Crippen LogP contribution >= 0.6 is 0 Å². The van der Waals surface area contributed by atoms with E-state index in [1.807, 2.05) is 19.1 Å². The first-order valence-corrected chi connectivity index (χ1v) is 5.12. The third-order valence-electron chi connectivity index (χ3n) is 2.18. The number of benzene rings is 1. The summed E-state index contributed by atoms with van der Waals surface area (Å²) in [6.45, 7) is 2.24. The van der Waals surface area contributed by atoms with Crippen molar-refractivity contribution in [3.05, 3.63) is 35.4 Å². The molecule has 0 saturated heterocycles. The molecule has 0 radical (unpaired) electrons. The lowest BCUT2D eigenvalue weighted by Crippen LogP contribution is -2.25. The minimum atomic E-state index is -0.914. The Morgan fingerprint density at radius 3 is 2.44 bits per heavy atom. The number of carboxylic acid groups (broad SMARTS) is 1. The second-order valence-corrected chi connectivity index (χ2v) is 3.61. The average molecular weight is 221 g/mol. The highest BCUT2D eigenvalue weighted by molar-refractivity contribution is 5.96. The molecule has 4 nitrogen and oxygen atoms in total. The van der Waals surface area contributed by atoms with E-state index in [9.17, 15) is 9.59 Å². The molecule has 4 heteroatoms. The predicted octanol–water partition coefficient (Wildman–Crippen LogP) is 1.24. The molecule has 0 saturated carbocycles. The molecule has 0 spiro atoms. The smallest absolute Gasteiger partial charge is 0.317 e. The van der Waals surface area contributed by atoms with Gasteiger partial charge in [-0.3, -0.25) is 9.59 Å². The summed E-state index contributed by atoms with van der Waals surface area (Å²) in [7, 11) is 0. The van der Waals surface area contributed by atoms with Crippen LogP contribution in [0.1, 0.15) is 22.3 Å². The molecule has 16 heavy (non-hydrogen) atoms. The highest BCUT2D eigenvalue weighted by Gasteiger charge is 2.05. The molecule has 1 rings (SSSR count). The minimum Gasteiger partial charge on any atom is -0.480 e. The molecule has 0 unspecified atom stereocenters. The van der Waals surface area contributed by atoms with E-state index in [1.54, 1.807) is 12.1 Å². The summed E-state index contributed by atoms with van der Waals surface area (Å²) < 4.78 is 0. The Hall–Kier alpha value is -1.68. The van der Waals surface area contributed by atoms with E-state index in [4.69, 9.17) is 5.11 Å². The first-order valence-electron chi connectivity index (χ1n) is 5.12. The fourth-order valence-electron chi connectivity index (χ4n) is 1.28. The van der Waals surface area contributed by atoms with E-state index >= 15 is 0 Å². The van der Waals surface area contributed by atoms with Gasteiger partial charge < -0.3 is 10.4 Å². The number of hydrogen-bond acceptors (Lipinski definition) is 3. The number of hydrogen-bond donors (Lipinski definition) is 2. The standard InChI is InChI=1S/C12H15NO3/c1-9-2-4-10(5-3-9)11(14)6-7-13-8-12(15)16/h2-5,13H,6-8H2,1H3,(H,15,16). The molecule has 0 aliphatic carbocycles. The van der Waals surface area contributed by atoms with Gasteiger partial charge in [-0.2, -0.15) is 0 Å². The summed E-state index contributed by atoms with van der Waals surface area (Å²) in [6, 6.07) is 7.35. The van der Waals surface area contributed by atoms with Crippen LogP contribution in [0.5, 0.6) is 0 Å². The molecule has 0 aliphatic heterocycles. The van der Waals surface area contributed by atoms with Crippen molar-refractivity contribution in [2.45, 2.75) is 13.3 Å². The number of carbonyl (C=O) groups excluding carboxylic acids is 1. The summed E-state index contributed by atoms with van der Waals surface area (Å²) in [4.78, 5) is 21.8. The van der Waals surface area contributed by atoms with Gasteiger partial charge in [0.05, 0.1) is 6.54 Å². The van der Waals surface area contributed by atoms with Crippen LogP contribution in [-0.2, 0) is 4.79 Å². The number of aliphatic carboxylic acids is 1. The molecular formula is C12H15NO3. The number of rotatable bonds is 6. The van der Waals surface area contributed by atoms with Crippen LogP contribution in [0.3, 0.4) is 0 Å². The normalized spacial score (nSPS) is 10.1. The van der Waals surface area contributed by atoms with Crippen LogP contribution in [-0.4, -0.2) is 29.9 Å². The maximum absolute atomic E-state index is 11.6. The van der Waals surface area contributed by atoms with Crippen LogP contribution in [0, 0.1) is 6.92 Å². The zero-order chi connectivity index (χ0) is 12.0. The monoisotopic (exact) mass is 221 g/mol. The van der Waals surface area contributed by atoms with Crippen molar-refractivity contribution in [3.63, 3.8) is 0 Å². The summed E-state index contributed by atoms with van der Waals surface area (Å²) >= 11 is 0. The van der Waals surface area contributed by atoms with Crippen molar-refractivity contribution in [1.29, 1.82) is 0 Å². The van der Waals surface area contributed by atoms with E-state index in [-0.39, 0.29) is 12.3 Å². The molecule has 1 aromatic carbocycles.